The van der Waals surface area contributed by atoms with Crippen molar-refractivity contribution in [3.05, 3.63) is 42.1 Å². The summed E-state index contributed by atoms with van der Waals surface area (Å²) in [4.78, 5) is 37.1. The molecule has 27 heavy (non-hydrogen) atoms. The summed E-state index contributed by atoms with van der Waals surface area (Å²) in [5.74, 6) is 1.10. The van der Waals surface area contributed by atoms with Crippen molar-refractivity contribution in [3.63, 3.8) is 0 Å². The highest BCUT2D eigenvalue weighted by molar-refractivity contribution is 5.93. The van der Waals surface area contributed by atoms with Crippen molar-refractivity contribution in [3.8, 4) is 11.4 Å². The first-order chi connectivity index (χ1) is 13.1. The highest BCUT2D eigenvalue weighted by Gasteiger charge is 2.25. The molecule has 1 fully saturated rings. The van der Waals surface area contributed by atoms with Crippen LogP contribution in [0.2, 0.25) is 0 Å². The smallest absolute Gasteiger partial charge is 0.272 e. The van der Waals surface area contributed by atoms with Gasteiger partial charge in [0.25, 0.3) is 5.91 Å². The molecule has 1 aromatic carbocycles. The molecule has 0 unspecified atom stereocenters. The Morgan fingerprint density at radius 1 is 1.04 bits per heavy atom. The van der Waals surface area contributed by atoms with Gasteiger partial charge >= 0.3 is 0 Å². The van der Waals surface area contributed by atoms with E-state index in [0.717, 1.165) is 18.5 Å². The fraction of sp³-hybridized carbons (Fsp3) is 0.400. The molecule has 1 N–H and O–H groups in total. The number of carbonyl (C=O) groups is 2. The highest BCUT2D eigenvalue weighted by Crippen LogP contribution is 2.19. The van der Waals surface area contributed by atoms with E-state index in [1.807, 2.05) is 30.3 Å². The Labute approximate surface area is 159 Å². The van der Waals surface area contributed by atoms with Crippen molar-refractivity contribution in [2.24, 2.45) is 0 Å². The number of rotatable bonds is 5. The van der Waals surface area contributed by atoms with Crippen LogP contribution in [0.15, 0.2) is 36.4 Å². The van der Waals surface area contributed by atoms with E-state index >= 15 is 0 Å². The fourth-order valence-corrected chi connectivity index (χ4v) is 3.00. The number of hydrogen-bond acceptors (Lipinski definition) is 5. The summed E-state index contributed by atoms with van der Waals surface area (Å²) in [6.45, 7) is 6.54. The molecule has 2 aromatic rings. The van der Waals surface area contributed by atoms with Crippen LogP contribution in [0, 0.1) is 0 Å². The van der Waals surface area contributed by atoms with Crippen molar-refractivity contribution in [2.45, 2.75) is 20.3 Å². The molecule has 7 nitrogen and oxygen atoms in total. The third-order valence-corrected chi connectivity index (χ3v) is 4.55. The van der Waals surface area contributed by atoms with Gasteiger partial charge in [0, 0.05) is 51.3 Å². The van der Waals surface area contributed by atoms with Crippen molar-refractivity contribution >= 4 is 17.6 Å². The number of anilines is 1. The van der Waals surface area contributed by atoms with E-state index < -0.39 is 0 Å². The summed E-state index contributed by atoms with van der Waals surface area (Å²) in [6.07, 6.45) is 0.959. The second-order valence-corrected chi connectivity index (χ2v) is 6.55. The number of piperazine rings is 1. The monoisotopic (exact) mass is 367 g/mol. The van der Waals surface area contributed by atoms with Gasteiger partial charge in [-0.25, -0.2) is 9.97 Å². The predicted octanol–water partition coefficient (Wildman–Crippen LogP) is 2.27. The van der Waals surface area contributed by atoms with Crippen molar-refractivity contribution < 1.29 is 9.59 Å². The minimum Gasteiger partial charge on any atom is -0.370 e. The lowest BCUT2D eigenvalue weighted by molar-refractivity contribution is -0.130. The number of benzene rings is 1. The zero-order chi connectivity index (χ0) is 19.2. The Balaban J connectivity index is 1.85. The molecule has 0 atom stereocenters. The first-order valence-corrected chi connectivity index (χ1v) is 9.31. The highest BCUT2D eigenvalue weighted by atomic mass is 16.2. The Morgan fingerprint density at radius 3 is 2.33 bits per heavy atom. The van der Waals surface area contributed by atoms with Gasteiger partial charge < -0.3 is 15.1 Å². The van der Waals surface area contributed by atoms with Crippen LogP contribution in [0.25, 0.3) is 11.4 Å². The first-order valence-electron chi connectivity index (χ1n) is 9.31. The average molecular weight is 367 g/mol. The molecule has 1 aliphatic rings. The molecular weight excluding hydrogens is 342 g/mol. The summed E-state index contributed by atoms with van der Waals surface area (Å²) < 4.78 is 0. The summed E-state index contributed by atoms with van der Waals surface area (Å²) >= 11 is 0. The van der Waals surface area contributed by atoms with E-state index in [9.17, 15) is 9.59 Å². The zero-order valence-corrected chi connectivity index (χ0v) is 15.8. The van der Waals surface area contributed by atoms with Gasteiger partial charge in [-0.15, -0.1) is 0 Å². The van der Waals surface area contributed by atoms with Gasteiger partial charge in [-0.3, -0.25) is 9.59 Å². The molecule has 142 valence electrons. The van der Waals surface area contributed by atoms with E-state index in [-0.39, 0.29) is 11.8 Å². The molecule has 7 heteroatoms. The molecule has 1 aliphatic heterocycles. The van der Waals surface area contributed by atoms with Gasteiger partial charge in [-0.05, 0) is 6.42 Å². The molecule has 0 spiro atoms. The Bertz CT molecular complexity index is 801. The van der Waals surface area contributed by atoms with Gasteiger partial charge in [-0.2, -0.15) is 0 Å². The largest absolute Gasteiger partial charge is 0.370 e. The third-order valence-electron chi connectivity index (χ3n) is 4.55. The SMILES string of the molecule is CCCNc1cc(C(=O)N2CCN(C(C)=O)CC2)nc(-c2ccccc2)n1. The lowest BCUT2D eigenvalue weighted by atomic mass is 10.2. The van der Waals surface area contributed by atoms with Crippen LogP contribution >= 0.6 is 0 Å². The predicted molar refractivity (Wildman–Crippen MR) is 104 cm³/mol. The summed E-state index contributed by atoms with van der Waals surface area (Å²) in [5, 5.41) is 3.25. The number of nitrogens with one attached hydrogen (secondary N) is 1. The molecule has 0 bridgehead atoms. The number of nitrogens with zero attached hydrogens (tertiary/aromatic N) is 4. The molecule has 2 amide bonds. The van der Waals surface area contributed by atoms with E-state index in [2.05, 4.69) is 22.2 Å². The maximum atomic E-state index is 13.0. The topological polar surface area (TPSA) is 78.4 Å². The van der Waals surface area contributed by atoms with E-state index in [0.29, 0.717) is 43.5 Å². The summed E-state index contributed by atoms with van der Waals surface area (Å²) in [7, 11) is 0. The Kier molecular flexibility index (Phi) is 6.01. The standard InChI is InChI=1S/C20H25N5O2/c1-3-9-21-18-14-17(22-19(23-18)16-7-5-4-6-8-16)20(27)25-12-10-24(11-13-25)15(2)26/h4-8,14H,3,9-13H2,1-2H3,(H,21,22,23). The van der Waals surface area contributed by atoms with E-state index in [1.54, 1.807) is 22.8 Å². The Hall–Kier alpha value is -2.96. The van der Waals surface area contributed by atoms with Gasteiger partial charge in [0.1, 0.15) is 11.5 Å². The van der Waals surface area contributed by atoms with Gasteiger partial charge in [0.05, 0.1) is 0 Å². The molecular formula is C20H25N5O2. The molecule has 0 aliphatic carbocycles. The van der Waals surface area contributed by atoms with Gasteiger partial charge in [0.15, 0.2) is 5.82 Å². The van der Waals surface area contributed by atoms with Crippen LogP contribution in [0.5, 0.6) is 0 Å². The molecule has 1 saturated heterocycles. The van der Waals surface area contributed by atoms with Crippen molar-refractivity contribution in [1.29, 1.82) is 0 Å². The minimum atomic E-state index is -0.127. The van der Waals surface area contributed by atoms with Crippen LogP contribution < -0.4 is 5.32 Å². The molecule has 0 radical (unpaired) electrons. The maximum absolute atomic E-state index is 13.0. The lowest BCUT2D eigenvalue weighted by Crippen LogP contribution is -2.50. The van der Waals surface area contributed by atoms with E-state index in [4.69, 9.17) is 0 Å². The number of aromatic nitrogens is 2. The van der Waals surface area contributed by atoms with Crippen LogP contribution in [0.4, 0.5) is 5.82 Å². The fourth-order valence-electron chi connectivity index (χ4n) is 3.00. The van der Waals surface area contributed by atoms with E-state index in [1.165, 1.54) is 0 Å². The average Bonchev–Trinajstić information content (AvgIpc) is 2.72. The number of amides is 2. The molecule has 3 rings (SSSR count). The zero-order valence-electron chi connectivity index (χ0n) is 15.8. The minimum absolute atomic E-state index is 0.0431. The van der Waals surface area contributed by atoms with Crippen molar-refractivity contribution in [2.75, 3.05) is 38.0 Å². The first kappa shape index (κ1) is 18.8. The van der Waals surface area contributed by atoms with Crippen LogP contribution in [-0.4, -0.2) is 64.3 Å². The van der Waals surface area contributed by atoms with Crippen LogP contribution in [-0.2, 0) is 4.79 Å². The number of hydrogen-bond donors (Lipinski definition) is 1. The molecule has 1 aromatic heterocycles. The maximum Gasteiger partial charge on any atom is 0.272 e. The second kappa shape index (κ2) is 8.62. The van der Waals surface area contributed by atoms with Crippen LogP contribution in [0.1, 0.15) is 30.8 Å². The quantitative estimate of drug-likeness (QED) is 0.877. The second-order valence-electron chi connectivity index (χ2n) is 6.55. The molecule has 2 heterocycles. The van der Waals surface area contributed by atoms with Crippen molar-refractivity contribution in [1.82, 2.24) is 19.8 Å². The normalized spacial score (nSPS) is 14.1. The van der Waals surface area contributed by atoms with Crippen LogP contribution in [0.3, 0.4) is 0 Å². The van der Waals surface area contributed by atoms with Gasteiger partial charge in [-0.1, -0.05) is 37.3 Å². The van der Waals surface area contributed by atoms with Gasteiger partial charge in [0.2, 0.25) is 5.91 Å². The Morgan fingerprint density at radius 2 is 1.70 bits per heavy atom. The number of carbonyl (C=O) groups excluding carboxylic acids is 2. The summed E-state index contributed by atoms with van der Waals surface area (Å²) in [5.41, 5.74) is 1.24. The lowest BCUT2D eigenvalue weighted by Gasteiger charge is -2.34. The summed E-state index contributed by atoms with van der Waals surface area (Å²) in [6, 6.07) is 11.4. The molecule has 0 saturated carbocycles. The third kappa shape index (κ3) is 4.61.